The van der Waals surface area contributed by atoms with Crippen molar-refractivity contribution in [2.24, 2.45) is 0 Å². The van der Waals surface area contributed by atoms with Crippen LogP contribution in [0.3, 0.4) is 0 Å². The second kappa shape index (κ2) is 9.51. The molecule has 1 heterocycles. The molecular weight excluding hydrogens is 391 g/mol. The van der Waals surface area contributed by atoms with Crippen LogP contribution in [0.1, 0.15) is 37.7 Å². The maximum absolute atomic E-state index is 13.2. The maximum atomic E-state index is 13.2. The van der Waals surface area contributed by atoms with Crippen molar-refractivity contribution in [1.82, 2.24) is 14.5 Å². The Balaban J connectivity index is 1.95. The topological polar surface area (TPSA) is 30.3 Å². The number of fused-ring (bicyclic) bond motifs is 1. The summed E-state index contributed by atoms with van der Waals surface area (Å²) in [7, 11) is 0. The lowest BCUT2D eigenvalue weighted by molar-refractivity contribution is -0.137. The van der Waals surface area contributed by atoms with Crippen LogP contribution >= 0.6 is 0 Å². The SMILES string of the molecule is CCOc1ccc(Cc2nc3cc(C(F)(F)F)ccc3n2CCN(CC)CC)cc1. The molecule has 0 amide bonds. The van der Waals surface area contributed by atoms with Crippen molar-refractivity contribution in [2.75, 3.05) is 26.2 Å². The lowest BCUT2D eigenvalue weighted by atomic mass is 10.1. The standard InChI is InChI=1S/C23H28F3N3O/c1-4-28(5-2)13-14-29-21-12-9-18(23(24,25)26)16-20(21)27-22(29)15-17-7-10-19(11-8-17)30-6-3/h7-12,16H,4-6,13-15H2,1-3H3. The van der Waals surface area contributed by atoms with E-state index in [1.807, 2.05) is 35.8 Å². The highest BCUT2D eigenvalue weighted by Crippen LogP contribution is 2.32. The quantitative estimate of drug-likeness (QED) is 0.466. The first-order chi connectivity index (χ1) is 14.4. The Hall–Kier alpha value is -2.54. The number of ether oxygens (including phenoxy) is 1. The van der Waals surface area contributed by atoms with Gasteiger partial charge >= 0.3 is 6.18 Å². The van der Waals surface area contributed by atoms with Crippen LogP contribution in [0.2, 0.25) is 0 Å². The number of hydrogen-bond acceptors (Lipinski definition) is 3. The molecule has 0 saturated carbocycles. The minimum absolute atomic E-state index is 0.380. The van der Waals surface area contributed by atoms with E-state index in [1.165, 1.54) is 6.07 Å². The molecule has 0 N–H and O–H groups in total. The molecular formula is C23H28F3N3O. The van der Waals surface area contributed by atoms with Gasteiger partial charge in [0.1, 0.15) is 11.6 Å². The second-order valence-corrected chi connectivity index (χ2v) is 7.16. The lowest BCUT2D eigenvalue weighted by Crippen LogP contribution is -2.27. The normalized spacial score (nSPS) is 12.1. The van der Waals surface area contributed by atoms with Crippen LogP contribution in [0, 0.1) is 0 Å². The molecule has 7 heteroatoms. The molecule has 4 nitrogen and oxygen atoms in total. The van der Waals surface area contributed by atoms with Crippen molar-refractivity contribution < 1.29 is 17.9 Å². The number of hydrogen-bond donors (Lipinski definition) is 0. The molecule has 30 heavy (non-hydrogen) atoms. The fourth-order valence-electron chi connectivity index (χ4n) is 3.57. The highest BCUT2D eigenvalue weighted by Gasteiger charge is 2.31. The highest BCUT2D eigenvalue weighted by molar-refractivity contribution is 5.77. The molecule has 0 radical (unpaired) electrons. The van der Waals surface area contributed by atoms with Gasteiger partial charge in [-0.3, -0.25) is 0 Å². The smallest absolute Gasteiger partial charge is 0.416 e. The van der Waals surface area contributed by atoms with E-state index in [2.05, 4.69) is 23.7 Å². The third-order valence-electron chi connectivity index (χ3n) is 5.29. The van der Waals surface area contributed by atoms with Gasteiger partial charge < -0.3 is 14.2 Å². The predicted molar refractivity (Wildman–Crippen MR) is 113 cm³/mol. The highest BCUT2D eigenvalue weighted by atomic mass is 19.4. The third kappa shape index (κ3) is 5.14. The van der Waals surface area contributed by atoms with E-state index in [0.717, 1.165) is 54.4 Å². The van der Waals surface area contributed by atoms with Crippen LogP contribution in [-0.4, -0.2) is 40.7 Å². The molecule has 1 aromatic heterocycles. The lowest BCUT2D eigenvalue weighted by Gasteiger charge is -2.19. The van der Waals surface area contributed by atoms with Crippen molar-refractivity contribution in [1.29, 1.82) is 0 Å². The van der Waals surface area contributed by atoms with Crippen molar-refractivity contribution in [2.45, 2.75) is 39.9 Å². The zero-order chi connectivity index (χ0) is 21.7. The van der Waals surface area contributed by atoms with Gasteiger partial charge in [-0.2, -0.15) is 13.2 Å². The summed E-state index contributed by atoms with van der Waals surface area (Å²) in [5.74, 6) is 1.56. The van der Waals surface area contributed by atoms with Gasteiger partial charge in [0, 0.05) is 19.5 Å². The molecule has 0 fully saturated rings. The predicted octanol–water partition coefficient (Wildman–Crippen LogP) is 5.39. The van der Waals surface area contributed by atoms with Crippen molar-refractivity contribution in [3.05, 3.63) is 59.4 Å². The summed E-state index contributed by atoms with van der Waals surface area (Å²) in [5.41, 5.74) is 1.48. The number of benzene rings is 2. The Morgan fingerprint density at radius 2 is 1.70 bits per heavy atom. The molecule has 162 valence electrons. The van der Waals surface area contributed by atoms with Gasteiger partial charge in [0.2, 0.25) is 0 Å². The molecule has 0 bridgehead atoms. The molecule has 0 spiro atoms. The average Bonchev–Trinajstić information content (AvgIpc) is 3.06. The zero-order valence-electron chi connectivity index (χ0n) is 17.7. The Bertz CT molecular complexity index is 960. The van der Waals surface area contributed by atoms with Gasteiger partial charge in [-0.15, -0.1) is 0 Å². The third-order valence-corrected chi connectivity index (χ3v) is 5.29. The first kappa shape index (κ1) is 22.2. The maximum Gasteiger partial charge on any atom is 0.416 e. The minimum atomic E-state index is -4.38. The number of imidazole rings is 1. The Morgan fingerprint density at radius 3 is 2.30 bits per heavy atom. The van der Waals surface area contributed by atoms with E-state index in [0.29, 0.717) is 25.1 Å². The van der Waals surface area contributed by atoms with Gasteiger partial charge in [-0.05, 0) is 55.9 Å². The molecule has 0 atom stereocenters. The summed E-state index contributed by atoms with van der Waals surface area (Å²) in [6.45, 7) is 10.1. The van der Waals surface area contributed by atoms with Crippen LogP contribution < -0.4 is 4.74 Å². The Labute approximate surface area is 175 Å². The molecule has 0 aliphatic heterocycles. The summed E-state index contributed by atoms with van der Waals surface area (Å²) in [4.78, 5) is 6.87. The summed E-state index contributed by atoms with van der Waals surface area (Å²) in [6, 6.07) is 11.6. The molecule has 2 aromatic carbocycles. The average molecular weight is 419 g/mol. The van der Waals surface area contributed by atoms with Crippen LogP contribution in [0.15, 0.2) is 42.5 Å². The van der Waals surface area contributed by atoms with E-state index in [4.69, 9.17) is 4.74 Å². The number of aromatic nitrogens is 2. The summed E-state index contributed by atoms with van der Waals surface area (Å²) >= 11 is 0. The van der Waals surface area contributed by atoms with E-state index >= 15 is 0 Å². The molecule has 0 aliphatic carbocycles. The summed E-state index contributed by atoms with van der Waals surface area (Å²) < 4.78 is 47.0. The second-order valence-electron chi connectivity index (χ2n) is 7.16. The van der Waals surface area contributed by atoms with Crippen LogP contribution in [0.5, 0.6) is 5.75 Å². The van der Waals surface area contributed by atoms with Crippen molar-refractivity contribution in [3.8, 4) is 5.75 Å². The summed E-state index contributed by atoms with van der Waals surface area (Å²) in [6.07, 6.45) is -3.84. The fourth-order valence-corrected chi connectivity index (χ4v) is 3.57. The number of alkyl halides is 3. The number of likely N-dealkylation sites (N-methyl/N-ethyl adjacent to an activating group) is 1. The Morgan fingerprint density at radius 1 is 1.00 bits per heavy atom. The van der Waals surface area contributed by atoms with Gasteiger partial charge in [0.25, 0.3) is 0 Å². The first-order valence-electron chi connectivity index (χ1n) is 10.4. The molecule has 3 rings (SSSR count). The van der Waals surface area contributed by atoms with Crippen molar-refractivity contribution >= 4 is 11.0 Å². The van der Waals surface area contributed by atoms with Gasteiger partial charge in [0.05, 0.1) is 23.2 Å². The first-order valence-corrected chi connectivity index (χ1v) is 10.4. The van der Waals surface area contributed by atoms with Crippen molar-refractivity contribution in [3.63, 3.8) is 0 Å². The minimum Gasteiger partial charge on any atom is -0.494 e. The van der Waals surface area contributed by atoms with E-state index in [1.54, 1.807) is 0 Å². The fraction of sp³-hybridized carbons (Fsp3) is 0.435. The van der Waals surface area contributed by atoms with Crippen LogP contribution in [-0.2, 0) is 19.1 Å². The van der Waals surface area contributed by atoms with E-state index in [-0.39, 0.29) is 0 Å². The summed E-state index contributed by atoms with van der Waals surface area (Å²) in [5, 5.41) is 0. The van der Waals surface area contributed by atoms with Crippen LogP contribution in [0.4, 0.5) is 13.2 Å². The van der Waals surface area contributed by atoms with Gasteiger partial charge in [0.15, 0.2) is 0 Å². The zero-order valence-corrected chi connectivity index (χ0v) is 17.7. The van der Waals surface area contributed by atoms with Crippen LogP contribution in [0.25, 0.3) is 11.0 Å². The molecule has 3 aromatic rings. The van der Waals surface area contributed by atoms with E-state index in [9.17, 15) is 13.2 Å². The largest absolute Gasteiger partial charge is 0.494 e. The molecule has 0 saturated heterocycles. The number of nitrogens with zero attached hydrogens (tertiary/aromatic N) is 3. The number of halogens is 3. The van der Waals surface area contributed by atoms with Gasteiger partial charge in [-0.25, -0.2) is 4.98 Å². The monoisotopic (exact) mass is 419 g/mol. The Kier molecular flexibility index (Phi) is 7.02. The van der Waals surface area contributed by atoms with E-state index < -0.39 is 11.7 Å². The van der Waals surface area contributed by atoms with Gasteiger partial charge in [-0.1, -0.05) is 26.0 Å². The molecule has 0 aliphatic rings. The molecule has 0 unspecified atom stereocenters. The number of rotatable bonds is 9.